The highest BCUT2D eigenvalue weighted by molar-refractivity contribution is 5.83. The smallest absolute Gasteiger partial charge is 0.261 e. The van der Waals surface area contributed by atoms with E-state index in [1.807, 2.05) is 31.2 Å². The molecule has 3 unspecified atom stereocenters. The third-order valence-electron chi connectivity index (χ3n) is 3.72. The summed E-state index contributed by atoms with van der Waals surface area (Å²) in [5.74, 6) is 0.932. The van der Waals surface area contributed by atoms with Crippen LogP contribution in [0.5, 0.6) is 5.75 Å². The lowest BCUT2D eigenvalue weighted by Crippen LogP contribution is -2.40. The van der Waals surface area contributed by atoms with Crippen LogP contribution in [0.3, 0.4) is 0 Å². The lowest BCUT2D eigenvalue weighted by atomic mass is 9.97. The molecule has 0 aliphatic carbocycles. The number of nitrogens with one attached hydrogen (secondary N) is 1. The van der Waals surface area contributed by atoms with Crippen molar-refractivity contribution < 1.29 is 19.1 Å². The van der Waals surface area contributed by atoms with Crippen LogP contribution in [0.15, 0.2) is 47.1 Å². The standard InChI is InChI=1S/C16H17NO4/c1-10-11-5-2-3-6-13(11)21-15(10)16(19)17-9-12(18)14-7-4-8-20-14/h2-8,10,12,15,18H,9H2,1H3,(H,17,19). The van der Waals surface area contributed by atoms with E-state index in [0.717, 1.165) is 11.3 Å². The molecule has 1 aliphatic rings. The van der Waals surface area contributed by atoms with Gasteiger partial charge < -0.3 is 19.6 Å². The first-order chi connectivity index (χ1) is 10.2. The summed E-state index contributed by atoms with van der Waals surface area (Å²) in [5.41, 5.74) is 1.03. The number of carbonyl (C=O) groups excluding carboxylic acids is 1. The Labute approximate surface area is 122 Å². The number of aliphatic hydroxyl groups excluding tert-OH is 1. The molecule has 21 heavy (non-hydrogen) atoms. The molecule has 3 rings (SSSR count). The zero-order valence-corrected chi connectivity index (χ0v) is 11.7. The molecule has 3 atom stereocenters. The highest BCUT2D eigenvalue weighted by Gasteiger charge is 2.36. The van der Waals surface area contributed by atoms with E-state index < -0.39 is 12.2 Å². The minimum absolute atomic E-state index is 0.0121. The van der Waals surface area contributed by atoms with E-state index in [-0.39, 0.29) is 18.4 Å². The molecule has 0 radical (unpaired) electrons. The molecule has 2 N–H and O–H groups in total. The predicted octanol–water partition coefficient (Wildman–Crippen LogP) is 1.99. The second-order valence-electron chi connectivity index (χ2n) is 5.14. The molecule has 0 fully saturated rings. The van der Waals surface area contributed by atoms with Gasteiger partial charge in [0.1, 0.15) is 17.6 Å². The summed E-state index contributed by atoms with van der Waals surface area (Å²) in [7, 11) is 0. The van der Waals surface area contributed by atoms with Gasteiger partial charge in [-0.1, -0.05) is 25.1 Å². The van der Waals surface area contributed by atoms with Gasteiger partial charge in [-0.25, -0.2) is 0 Å². The van der Waals surface area contributed by atoms with E-state index in [1.165, 1.54) is 6.26 Å². The van der Waals surface area contributed by atoms with E-state index in [2.05, 4.69) is 5.32 Å². The second-order valence-corrected chi connectivity index (χ2v) is 5.14. The van der Waals surface area contributed by atoms with Gasteiger partial charge >= 0.3 is 0 Å². The maximum absolute atomic E-state index is 12.2. The number of hydrogen-bond donors (Lipinski definition) is 2. The fourth-order valence-electron chi connectivity index (χ4n) is 2.53. The van der Waals surface area contributed by atoms with Crippen LogP contribution < -0.4 is 10.1 Å². The minimum Gasteiger partial charge on any atom is -0.480 e. The van der Waals surface area contributed by atoms with Crippen molar-refractivity contribution in [3.8, 4) is 5.75 Å². The van der Waals surface area contributed by atoms with Crippen LogP contribution >= 0.6 is 0 Å². The summed E-state index contributed by atoms with van der Waals surface area (Å²) in [6, 6.07) is 11.0. The van der Waals surface area contributed by atoms with Crippen molar-refractivity contribution in [1.29, 1.82) is 0 Å². The quantitative estimate of drug-likeness (QED) is 0.902. The molecule has 1 aliphatic heterocycles. The number of aliphatic hydroxyl groups is 1. The predicted molar refractivity (Wildman–Crippen MR) is 76.0 cm³/mol. The summed E-state index contributed by atoms with van der Waals surface area (Å²) < 4.78 is 10.8. The third-order valence-corrected chi connectivity index (χ3v) is 3.72. The number of hydrogen-bond acceptors (Lipinski definition) is 4. The van der Waals surface area contributed by atoms with Gasteiger partial charge in [0.2, 0.25) is 0 Å². The Morgan fingerprint density at radius 1 is 1.33 bits per heavy atom. The van der Waals surface area contributed by atoms with E-state index in [9.17, 15) is 9.90 Å². The van der Waals surface area contributed by atoms with Crippen molar-refractivity contribution in [1.82, 2.24) is 5.32 Å². The number of para-hydroxylation sites is 1. The van der Waals surface area contributed by atoms with Gasteiger partial charge in [-0.15, -0.1) is 0 Å². The molecule has 0 saturated heterocycles. The minimum atomic E-state index is -0.858. The molecule has 1 aromatic carbocycles. The Balaban J connectivity index is 1.60. The molecule has 1 aromatic heterocycles. The van der Waals surface area contributed by atoms with E-state index >= 15 is 0 Å². The van der Waals surface area contributed by atoms with Crippen LogP contribution in [0.4, 0.5) is 0 Å². The van der Waals surface area contributed by atoms with Crippen LogP contribution in [-0.2, 0) is 4.79 Å². The maximum Gasteiger partial charge on any atom is 0.261 e. The molecule has 110 valence electrons. The summed E-state index contributed by atoms with van der Waals surface area (Å²) in [5, 5.41) is 12.6. The van der Waals surface area contributed by atoms with Crippen LogP contribution in [0, 0.1) is 0 Å². The third kappa shape index (κ3) is 2.64. The molecular weight excluding hydrogens is 270 g/mol. The van der Waals surface area contributed by atoms with Crippen LogP contribution in [0.1, 0.15) is 30.3 Å². The van der Waals surface area contributed by atoms with Gasteiger partial charge in [-0.05, 0) is 18.2 Å². The molecule has 2 heterocycles. The van der Waals surface area contributed by atoms with Crippen LogP contribution in [-0.4, -0.2) is 23.7 Å². The molecule has 1 amide bonds. The first kappa shape index (κ1) is 13.7. The maximum atomic E-state index is 12.2. The van der Waals surface area contributed by atoms with Gasteiger partial charge in [-0.3, -0.25) is 4.79 Å². The van der Waals surface area contributed by atoms with Crippen LogP contribution in [0.25, 0.3) is 0 Å². The van der Waals surface area contributed by atoms with E-state index in [4.69, 9.17) is 9.15 Å². The number of furan rings is 1. The van der Waals surface area contributed by atoms with Gasteiger partial charge in [0.25, 0.3) is 5.91 Å². The number of benzene rings is 1. The van der Waals surface area contributed by atoms with Crippen molar-refractivity contribution in [2.45, 2.75) is 25.0 Å². The number of fused-ring (bicyclic) bond motifs is 1. The Morgan fingerprint density at radius 2 is 2.14 bits per heavy atom. The summed E-state index contributed by atoms with van der Waals surface area (Å²) in [6.45, 7) is 2.05. The Kier molecular flexibility index (Phi) is 3.66. The van der Waals surface area contributed by atoms with Gasteiger partial charge in [0.15, 0.2) is 6.10 Å². The SMILES string of the molecule is CC1c2ccccc2OC1C(=O)NCC(O)c1ccco1. The Bertz CT molecular complexity index is 623. The average Bonchev–Trinajstić information content (AvgIpc) is 3.13. The molecule has 0 bridgehead atoms. The highest BCUT2D eigenvalue weighted by atomic mass is 16.5. The van der Waals surface area contributed by atoms with Crippen LogP contribution in [0.2, 0.25) is 0 Å². The summed E-state index contributed by atoms with van der Waals surface area (Å²) in [4.78, 5) is 12.2. The number of carbonyl (C=O) groups is 1. The topological polar surface area (TPSA) is 71.7 Å². The first-order valence-corrected chi connectivity index (χ1v) is 6.91. The van der Waals surface area contributed by atoms with Crippen molar-refractivity contribution in [3.05, 3.63) is 54.0 Å². The molecule has 2 aromatic rings. The molecule has 5 nitrogen and oxygen atoms in total. The molecule has 5 heteroatoms. The highest BCUT2D eigenvalue weighted by Crippen LogP contribution is 2.37. The zero-order chi connectivity index (χ0) is 14.8. The zero-order valence-electron chi connectivity index (χ0n) is 11.7. The largest absolute Gasteiger partial charge is 0.480 e. The monoisotopic (exact) mass is 287 g/mol. The van der Waals surface area contributed by atoms with E-state index in [0.29, 0.717) is 5.76 Å². The first-order valence-electron chi connectivity index (χ1n) is 6.91. The van der Waals surface area contributed by atoms with E-state index in [1.54, 1.807) is 12.1 Å². The molecule has 0 spiro atoms. The molecule has 0 saturated carbocycles. The lowest BCUT2D eigenvalue weighted by molar-refractivity contribution is -0.128. The summed E-state index contributed by atoms with van der Waals surface area (Å²) >= 11 is 0. The lowest BCUT2D eigenvalue weighted by Gasteiger charge is -2.16. The Hall–Kier alpha value is -2.27. The number of ether oxygens (including phenoxy) is 1. The van der Waals surface area contributed by atoms with Crippen molar-refractivity contribution in [2.24, 2.45) is 0 Å². The van der Waals surface area contributed by atoms with Gasteiger partial charge in [-0.2, -0.15) is 0 Å². The second kappa shape index (κ2) is 5.61. The average molecular weight is 287 g/mol. The number of amides is 1. The van der Waals surface area contributed by atoms with Gasteiger partial charge in [0, 0.05) is 11.5 Å². The summed E-state index contributed by atoms with van der Waals surface area (Å²) in [6.07, 6.45) is 0.0633. The fourth-order valence-corrected chi connectivity index (χ4v) is 2.53. The molecular formula is C16H17NO4. The van der Waals surface area contributed by atoms with Crippen molar-refractivity contribution in [3.63, 3.8) is 0 Å². The van der Waals surface area contributed by atoms with Crippen molar-refractivity contribution >= 4 is 5.91 Å². The van der Waals surface area contributed by atoms with Crippen molar-refractivity contribution in [2.75, 3.05) is 6.54 Å². The fraction of sp³-hybridized carbons (Fsp3) is 0.312. The number of rotatable bonds is 4. The van der Waals surface area contributed by atoms with Gasteiger partial charge in [0.05, 0.1) is 12.8 Å². The Morgan fingerprint density at radius 3 is 2.86 bits per heavy atom. The normalized spacial score (nSPS) is 21.4.